The minimum atomic E-state index is -0.101. The van der Waals surface area contributed by atoms with E-state index in [2.05, 4.69) is 10.2 Å². The molecular formula is C19H20ClN3O3. The van der Waals surface area contributed by atoms with Crippen LogP contribution in [0.2, 0.25) is 5.02 Å². The van der Waals surface area contributed by atoms with Crippen LogP contribution in [0.5, 0.6) is 17.2 Å². The first-order valence-corrected chi connectivity index (χ1v) is 8.71. The molecule has 0 saturated carbocycles. The topological polar surface area (TPSA) is 55.3 Å². The Hall–Kier alpha value is -2.60. The summed E-state index contributed by atoms with van der Waals surface area (Å²) in [6, 6.07) is 9.75. The van der Waals surface area contributed by atoms with Crippen LogP contribution in [-0.2, 0) is 0 Å². The number of halogens is 1. The summed E-state index contributed by atoms with van der Waals surface area (Å²) >= 11 is 6.20. The molecule has 0 aliphatic carbocycles. The molecule has 0 bridgehead atoms. The van der Waals surface area contributed by atoms with E-state index in [0.717, 1.165) is 35.7 Å². The van der Waals surface area contributed by atoms with E-state index in [1.54, 1.807) is 21.3 Å². The third-order valence-electron chi connectivity index (χ3n) is 4.70. The smallest absolute Gasteiger partial charge is 0.203 e. The molecule has 2 aromatic carbocycles. The number of benzene rings is 2. The predicted octanol–water partition coefficient (Wildman–Crippen LogP) is 3.55. The minimum Gasteiger partial charge on any atom is -0.493 e. The molecule has 2 aliphatic rings. The van der Waals surface area contributed by atoms with Gasteiger partial charge >= 0.3 is 0 Å². The van der Waals surface area contributed by atoms with Gasteiger partial charge in [0.25, 0.3) is 0 Å². The lowest BCUT2D eigenvalue weighted by molar-refractivity contribution is 0.319. The Bertz CT molecular complexity index is 859. The molecule has 1 atom stereocenters. The van der Waals surface area contributed by atoms with Crippen molar-refractivity contribution in [3.8, 4) is 17.2 Å². The Morgan fingerprint density at radius 3 is 2.46 bits per heavy atom. The summed E-state index contributed by atoms with van der Waals surface area (Å²) in [6.07, 6.45) is -0.101. The average molecular weight is 374 g/mol. The monoisotopic (exact) mass is 373 g/mol. The molecule has 6 nitrogen and oxygen atoms in total. The Labute approximate surface area is 157 Å². The van der Waals surface area contributed by atoms with Gasteiger partial charge in [-0.15, -0.1) is 0 Å². The summed E-state index contributed by atoms with van der Waals surface area (Å²) in [5.41, 5.74) is 3.03. The fourth-order valence-electron chi connectivity index (χ4n) is 3.53. The fraction of sp³-hybridized carbons (Fsp3) is 0.316. The van der Waals surface area contributed by atoms with Gasteiger partial charge in [-0.05, 0) is 30.3 Å². The normalized spacial score (nSPS) is 17.8. The standard InChI is InChI=1S/C19H20ClN3O3/c1-24-15-8-11(9-16(25-2)17(15)26-3)18-22-14-10-12(20)4-5-13(14)19-21-6-7-23(18)19/h4-5,8-10,18,22H,6-7H2,1-3H3/t18-/m1/s1. The average Bonchev–Trinajstić information content (AvgIpc) is 3.15. The number of ether oxygens (including phenoxy) is 3. The lowest BCUT2D eigenvalue weighted by Crippen LogP contribution is -2.41. The van der Waals surface area contributed by atoms with Crippen molar-refractivity contribution in [2.75, 3.05) is 39.7 Å². The lowest BCUT2D eigenvalue weighted by Gasteiger charge is -2.38. The van der Waals surface area contributed by atoms with E-state index in [1.165, 1.54) is 0 Å². The number of nitrogens with one attached hydrogen (secondary N) is 1. The number of hydrogen-bond donors (Lipinski definition) is 1. The largest absolute Gasteiger partial charge is 0.493 e. The zero-order valence-corrected chi connectivity index (χ0v) is 15.6. The van der Waals surface area contributed by atoms with Crippen LogP contribution in [0.25, 0.3) is 0 Å². The van der Waals surface area contributed by atoms with E-state index >= 15 is 0 Å². The van der Waals surface area contributed by atoms with Crippen molar-refractivity contribution >= 4 is 23.1 Å². The van der Waals surface area contributed by atoms with Crippen LogP contribution in [0.15, 0.2) is 35.3 Å². The molecule has 2 aromatic rings. The lowest BCUT2D eigenvalue weighted by atomic mass is 10.0. The zero-order valence-electron chi connectivity index (χ0n) is 14.9. The Morgan fingerprint density at radius 2 is 1.81 bits per heavy atom. The van der Waals surface area contributed by atoms with E-state index in [-0.39, 0.29) is 6.17 Å². The van der Waals surface area contributed by atoms with Crippen LogP contribution < -0.4 is 19.5 Å². The summed E-state index contributed by atoms with van der Waals surface area (Å²) in [7, 11) is 4.84. The molecule has 2 heterocycles. The molecule has 0 amide bonds. The van der Waals surface area contributed by atoms with Crippen molar-refractivity contribution in [2.45, 2.75) is 6.17 Å². The number of aliphatic imine (C=N–C) groups is 1. The highest BCUT2D eigenvalue weighted by Crippen LogP contribution is 2.43. The Balaban J connectivity index is 1.82. The van der Waals surface area contributed by atoms with Gasteiger partial charge in [0.2, 0.25) is 5.75 Å². The van der Waals surface area contributed by atoms with E-state index in [9.17, 15) is 0 Å². The third kappa shape index (κ3) is 2.61. The van der Waals surface area contributed by atoms with Crippen LogP contribution in [0.3, 0.4) is 0 Å². The summed E-state index contributed by atoms with van der Waals surface area (Å²) in [6.45, 7) is 1.60. The van der Waals surface area contributed by atoms with Crippen LogP contribution >= 0.6 is 11.6 Å². The second-order valence-corrected chi connectivity index (χ2v) is 6.53. The van der Waals surface area contributed by atoms with Crippen molar-refractivity contribution < 1.29 is 14.2 Å². The molecule has 4 rings (SSSR count). The Kier molecular flexibility index (Phi) is 4.28. The molecule has 0 aromatic heterocycles. The van der Waals surface area contributed by atoms with Gasteiger partial charge in [-0.3, -0.25) is 4.99 Å². The second-order valence-electron chi connectivity index (χ2n) is 6.09. The van der Waals surface area contributed by atoms with E-state index < -0.39 is 0 Å². The summed E-state index contributed by atoms with van der Waals surface area (Å²) < 4.78 is 16.4. The Morgan fingerprint density at radius 1 is 1.08 bits per heavy atom. The van der Waals surface area contributed by atoms with Gasteiger partial charge in [0.1, 0.15) is 12.0 Å². The molecule has 2 aliphatic heterocycles. The summed E-state index contributed by atoms with van der Waals surface area (Å²) in [5.74, 6) is 2.80. The van der Waals surface area contributed by atoms with Crippen LogP contribution in [0.1, 0.15) is 17.3 Å². The van der Waals surface area contributed by atoms with Crippen molar-refractivity contribution in [1.82, 2.24) is 4.90 Å². The van der Waals surface area contributed by atoms with Crippen molar-refractivity contribution in [3.63, 3.8) is 0 Å². The van der Waals surface area contributed by atoms with E-state index in [1.807, 2.05) is 30.3 Å². The highest BCUT2D eigenvalue weighted by Gasteiger charge is 2.34. The number of methoxy groups -OCH3 is 3. The maximum atomic E-state index is 6.20. The maximum Gasteiger partial charge on any atom is 0.203 e. The van der Waals surface area contributed by atoms with Gasteiger partial charge in [0, 0.05) is 28.4 Å². The van der Waals surface area contributed by atoms with Crippen LogP contribution in [-0.4, -0.2) is 45.2 Å². The molecule has 0 radical (unpaired) electrons. The number of rotatable bonds is 4. The fourth-order valence-corrected chi connectivity index (χ4v) is 3.70. The minimum absolute atomic E-state index is 0.101. The highest BCUT2D eigenvalue weighted by molar-refractivity contribution is 6.31. The molecule has 0 unspecified atom stereocenters. The van der Waals surface area contributed by atoms with Crippen molar-refractivity contribution in [1.29, 1.82) is 0 Å². The third-order valence-corrected chi connectivity index (χ3v) is 4.94. The number of amidine groups is 1. The number of fused-ring (bicyclic) bond motifs is 3. The molecule has 0 spiro atoms. The first-order valence-electron chi connectivity index (χ1n) is 8.33. The van der Waals surface area contributed by atoms with Crippen LogP contribution in [0.4, 0.5) is 5.69 Å². The molecular weight excluding hydrogens is 354 g/mol. The van der Waals surface area contributed by atoms with Crippen molar-refractivity contribution in [2.24, 2.45) is 4.99 Å². The zero-order chi connectivity index (χ0) is 18.3. The molecule has 136 valence electrons. The summed E-state index contributed by atoms with van der Waals surface area (Å²) in [5, 5.41) is 4.26. The first-order chi connectivity index (χ1) is 12.7. The molecule has 26 heavy (non-hydrogen) atoms. The first kappa shape index (κ1) is 16.8. The number of hydrogen-bond acceptors (Lipinski definition) is 6. The molecule has 0 saturated heterocycles. The van der Waals surface area contributed by atoms with Gasteiger partial charge in [-0.2, -0.15) is 0 Å². The second kappa shape index (κ2) is 6.61. The summed E-state index contributed by atoms with van der Waals surface area (Å²) in [4.78, 5) is 6.94. The molecule has 0 fully saturated rings. The van der Waals surface area contributed by atoms with Crippen LogP contribution in [0, 0.1) is 0 Å². The van der Waals surface area contributed by atoms with Gasteiger partial charge in [0.15, 0.2) is 11.5 Å². The van der Waals surface area contributed by atoms with Crippen molar-refractivity contribution in [3.05, 3.63) is 46.5 Å². The molecule has 7 heteroatoms. The quantitative estimate of drug-likeness (QED) is 0.888. The van der Waals surface area contributed by atoms with E-state index in [4.69, 9.17) is 30.8 Å². The SMILES string of the molecule is COc1cc([C@@H]2Nc3cc(Cl)ccc3C3=NCCN32)cc(OC)c1OC. The van der Waals surface area contributed by atoms with Gasteiger partial charge in [-0.1, -0.05) is 11.6 Å². The van der Waals surface area contributed by atoms with Gasteiger partial charge < -0.3 is 24.4 Å². The van der Waals surface area contributed by atoms with Gasteiger partial charge in [-0.25, -0.2) is 0 Å². The maximum absolute atomic E-state index is 6.20. The highest BCUT2D eigenvalue weighted by atomic mass is 35.5. The van der Waals surface area contributed by atoms with Gasteiger partial charge in [0.05, 0.1) is 27.9 Å². The number of anilines is 1. The predicted molar refractivity (Wildman–Crippen MR) is 102 cm³/mol. The molecule has 1 N–H and O–H groups in total. The van der Waals surface area contributed by atoms with E-state index in [0.29, 0.717) is 22.3 Å². The number of nitrogens with zero attached hydrogens (tertiary/aromatic N) is 2.